The number of carbonyl (C=O) groups excluding carboxylic acids is 1. The summed E-state index contributed by atoms with van der Waals surface area (Å²) in [6.07, 6.45) is 2.25. The zero-order chi connectivity index (χ0) is 15.7. The van der Waals surface area contributed by atoms with E-state index in [1.165, 1.54) is 0 Å². The molecule has 0 saturated heterocycles. The smallest absolute Gasteiger partial charge is 0.229 e. The van der Waals surface area contributed by atoms with Gasteiger partial charge in [0.25, 0.3) is 0 Å². The van der Waals surface area contributed by atoms with Gasteiger partial charge in [0.15, 0.2) is 0 Å². The van der Waals surface area contributed by atoms with Crippen LogP contribution in [-0.2, 0) is 11.3 Å². The maximum Gasteiger partial charge on any atom is 0.229 e. The first kappa shape index (κ1) is 14.6. The molecule has 2 aromatic heterocycles. The lowest BCUT2D eigenvalue weighted by Gasteiger charge is -2.29. The minimum absolute atomic E-state index is 0.114. The summed E-state index contributed by atoms with van der Waals surface area (Å²) in [6, 6.07) is 4.04. The first-order valence-corrected chi connectivity index (χ1v) is 7.56. The van der Waals surface area contributed by atoms with Crippen LogP contribution in [0.4, 0.5) is 11.5 Å². The van der Waals surface area contributed by atoms with Crippen molar-refractivity contribution < 1.29 is 4.79 Å². The monoisotopic (exact) mass is 299 g/mol. The van der Waals surface area contributed by atoms with Gasteiger partial charge in [0.2, 0.25) is 5.91 Å². The van der Waals surface area contributed by atoms with Crippen LogP contribution in [0.1, 0.15) is 23.4 Å². The van der Waals surface area contributed by atoms with Crippen molar-refractivity contribution in [2.45, 2.75) is 33.7 Å². The minimum atomic E-state index is 0.114. The topological polar surface area (TPSA) is 63.1 Å². The molecule has 22 heavy (non-hydrogen) atoms. The highest BCUT2D eigenvalue weighted by Gasteiger charge is 2.23. The van der Waals surface area contributed by atoms with Gasteiger partial charge < -0.3 is 10.2 Å². The highest BCUT2D eigenvalue weighted by Crippen LogP contribution is 2.28. The van der Waals surface area contributed by atoms with E-state index in [9.17, 15) is 4.79 Å². The molecular weight excluding hydrogens is 278 g/mol. The van der Waals surface area contributed by atoms with Gasteiger partial charge in [0, 0.05) is 37.9 Å². The summed E-state index contributed by atoms with van der Waals surface area (Å²) < 4.78 is 1.89. The SMILES string of the molecule is Cc1cnc2c(c1)N(C(=O)CCn1nc(C)cc1C)CCN2. The van der Waals surface area contributed by atoms with Crippen LogP contribution < -0.4 is 10.2 Å². The van der Waals surface area contributed by atoms with E-state index >= 15 is 0 Å². The molecule has 0 aliphatic carbocycles. The van der Waals surface area contributed by atoms with Gasteiger partial charge in [-0.25, -0.2) is 4.98 Å². The molecule has 0 radical (unpaired) electrons. The molecule has 0 spiro atoms. The molecule has 116 valence electrons. The zero-order valence-electron chi connectivity index (χ0n) is 13.3. The van der Waals surface area contributed by atoms with Gasteiger partial charge >= 0.3 is 0 Å². The number of aryl methyl sites for hydroxylation is 4. The van der Waals surface area contributed by atoms with Gasteiger partial charge in [-0.15, -0.1) is 0 Å². The van der Waals surface area contributed by atoms with Gasteiger partial charge in [-0.05, 0) is 38.5 Å². The van der Waals surface area contributed by atoms with E-state index < -0.39 is 0 Å². The summed E-state index contributed by atoms with van der Waals surface area (Å²) in [4.78, 5) is 18.8. The van der Waals surface area contributed by atoms with Crippen molar-refractivity contribution in [2.24, 2.45) is 0 Å². The Morgan fingerprint density at radius 3 is 2.86 bits per heavy atom. The average molecular weight is 299 g/mol. The second-order valence-electron chi connectivity index (χ2n) is 5.75. The maximum absolute atomic E-state index is 12.6. The molecule has 0 aromatic carbocycles. The van der Waals surface area contributed by atoms with Crippen LogP contribution in [0.5, 0.6) is 0 Å². The molecule has 3 heterocycles. The first-order chi connectivity index (χ1) is 10.5. The molecule has 0 saturated carbocycles. The number of nitrogens with zero attached hydrogens (tertiary/aromatic N) is 4. The van der Waals surface area contributed by atoms with Gasteiger partial charge in [-0.2, -0.15) is 5.10 Å². The van der Waals surface area contributed by atoms with Gasteiger partial charge in [-0.3, -0.25) is 9.48 Å². The first-order valence-electron chi connectivity index (χ1n) is 7.56. The molecule has 0 unspecified atom stereocenters. The summed E-state index contributed by atoms with van der Waals surface area (Å²) in [6.45, 7) is 7.98. The number of aromatic nitrogens is 3. The molecular formula is C16H21N5O. The van der Waals surface area contributed by atoms with Crippen LogP contribution in [0.2, 0.25) is 0 Å². The van der Waals surface area contributed by atoms with Crippen LogP contribution in [0.15, 0.2) is 18.3 Å². The highest BCUT2D eigenvalue weighted by atomic mass is 16.2. The highest BCUT2D eigenvalue weighted by molar-refractivity contribution is 5.97. The lowest BCUT2D eigenvalue weighted by atomic mass is 10.2. The molecule has 6 nitrogen and oxygen atoms in total. The predicted molar refractivity (Wildman–Crippen MR) is 86.1 cm³/mol. The Kier molecular flexibility index (Phi) is 3.83. The van der Waals surface area contributed by atoms with E-state index in [-0.39, 0.29) is 5.91 Å². The van der Waals surface area contributed by atoms with Crippen LogP contribution in [0, 0.1) is 20.8 Å². The molecule has 3 rings (SSSR count). The number of hydrogen-bond donors (Lipinski definition) is 1. The molecule has 6 heteroatoms. The Morgan fingerprint density at radius 2 is 2.14 bits per heavy atom. The Labute approximate surface area is 130 Å². The number of anilines is 2. The number of amides is 1. The maximum atomic E-state index is 12.6. The normalized spacial score (nSPS) is 13.7. The fourth-order valence-corrected chi connectivity index (χ4v) is 2.80. The fourth-order valence-electron chi connectivity index (χ4n) is 2.80. The van der Waals surface area contributed by atoms with Crippen molar-refractivity contribution in [1.82, 2.24) is 14.8 Å². The molecule has 0 bridgehead atoms. The Balaban J connectivity index is 1.74. The third-order valence-electron chi connectivity index (χ3n) is 3.86. The van der Waals surface area contributed by atoms with Crippen LogP contribution in [-0.4, -0.2) is 33.8 Å². The summed E-state index contributed by atoms with van der Waals surface area (Å²) >= 11 is 0. The van der Waals surface area contributed by atoms with Crippen LogP contribution in [0.3, 0.4) is 0 Å². The Hall–Kier alpha value is -2.37. The van der Waals surface area contributed by atoms with E-state index in [1.54, 1.807) is 0 Å². The Morgan fingerprint density at radius 1 is 1.32 bits per heavy atom. The second kappa shape index (κ2) is 5.79. The molecule has 1 N–H and O–H groups in total. The van der Waals surface area contributed by atoms with E-state index in [1.807, 2.05) is 48.7 Å². The standard InChI is InChI=1S/C16H21N5O/c1-11-8-14-16(18-10-11)17-5-7-20(14)15(22)4-6-21-13(3)9-12(2)19-21/h8-10H,4-7H2,1-3H3,(H,17,18). The lowest BCUT2D eigenvalue weighted by Crippen LogP contribution is -2.39. The summed E-state index contributed by atoms with van der Waals surface area (Å²) in [7, 11) is 0. The van der Waals surface area contributed by atoms with Crippen molar-refractivity contribution in [1.29, 1.82) is 0 Å². The molecule has 1 aliphatic heterocycles. The largest absolute Gasteiger partial charge is 0.367 e. The van der Waals surface area contributed by atoms with Crippen molar-refractivity contribution in [3.63, 3.8) is 0 Å². The number of fused-ring (bicyclic) bond motifs is 1. The minimum Gasteiger partial charge on any atom is -0.367 e. The summed E-state index contributed by atoms with van der Waals surface area (Å²) in [5.74, 6) is 0.902. The third kappa shape index (κ3) is 2.81. The lowest BCUT2D eigenvalue weighted by molar-refractivity contribution is -0.118. The fraction of sp³-hybridized carbons (Fsp3) is 0.438. The van der Waals surface area contributed by atoms with Crippen molar-refractivity contribution in [3.8, 4) is 0 Å². The molecule has 0 atom stereocenters. The van der Waals surface area contributed by atoms with E-state index in [4.69, 9.17) is 0 Å². The third-order valence-corrected chi connectivity index (χ3v) is 3.86. The number of pyridine rings is 1. The van der Waals surface area contributed by atoms with Crippen molar-refractivity contribution in [3.05, 3.63) is 35.3 Å². The Bertz CT molecular complexity index is 707. The van der Waals surface area contributed by atoms with Crippen LogP contribution >= 0.6 is 0 Å². The van der Waals surface area contributed by atoms with Crippen molar-refractivity contribution >= 4 is 17.4 Å². The van der Waals surface area contributed by atoms with Crippen molar-refractivity contribution in [2.75, 3.05) is 23.3 Å². The zero-order valence-corrected chi connectivity index (χ0v) is 13.3. The quantitative estimate of drug-likeness (QED) is 0.942. The number of carbonyl (C=O) groups is 1. The van der Waals surface area contributed by atoms with E-state index in [0.717, 1.165) is 35.0 Å². The average Bonchev–Trinajstić information content (AvgIpc) is 2.82. The summed E-state index contributed by atoms with van der Waals surface area (Å²) in [5, 5.41) is 7.65. The molecule has 1 aliphatic rings. The number of nitrogens with one attached hydrogen (secondary N) is 1. The number of hydrogen-bond acceptors (Lipinski definition) is 4. The number of rotatable bonds is 3. The van der Waals surface area contributed by atoms with Crippen LogP contribution in [0.25, 0.3) is 0 Å². The van der Waals surface area contributed by atoms with E-state index in [2.05, 4.69) is 15.4 Å². The molecule has 0 fully saturated rings. The van der Waals surface area contributed by atoms with Gasteiger partial charge in [0.05, 0.1) is 11.4 Å². The molecule has 2 aromatic rings. The molecule has 1 amide bonds. The summed E-state index contributed by atoms with van der Waals surface area (Å²) in [5.41, 5.74) is 4.00. The van der Waals surface area contributed by atoms with Gasteiger partial charge in [0.1, 0.15) is 5.82 Å². The van der Waals surface area contributed by atoms with E-state index in [0.29, 0.717) is 19.5 Å². The second-order valence-corrected chi connectivity index (χ2v) is 5.75. The van der Waals surface area contributed by atoms with Gasteiger partial charge in [-0.1, -0.05) is 0 Å². The predicted octanol–water partition coefficient (Wildman–Crippen LogP) is 2.05.